The minimum absolute atomic E-state index is 0.00473. The SMILES string of the molecule is CCOc1ccc(C(=O)N2CC[C@@H](N(C)Cc3nccc(N)n3)C2)cc1OCC. The maximum Gasteiger partial charge on any atom is 0.254 e. The Labute approximate surface area is 171 Å². The van der Waals surface area contributed by atoms with Crippen molar-refractivity contribution >= 4 is 11.7 Å². The highest BCUT2D eigenvalue weighted by molar-refractivity contribution is 5.95. The first-order valence-corrected chi connectivity index (χ1v) is 9.98. The first-order chi connectivity index (χ1) is 14.0. The molecule has 1 aliphatic heterocycles. The number of hydrogen-bond acceptors (Lipinski definition) is 7. The minimum atomic E-state index is 0.00473. The van der Waals surface area contributed by atoms with Crippen molar-refractivity contribution in [1.29, 1.82) is 0 Å². The summed E-state index contributed by atoms with van der Waals surface area (Å²) in [6, 6.07) is 7.30. The number of amides is 1. The molecule has 29 heavy (non-hydrogen) atoms. The number of aromatic nitrogens is 2. The molecule has 0 saturated carbocycles. The largest absolute Gasteiger partial charge is 0.490 e. The molecule has 1 amide bonds. The van der Waals surface area contributed by atoms with Crippen molar-refractivity contribution in [2.45, 2.75) is 32.9 Å². The second-order valence-corrected chi connectivity index (χ2v) is 7.03. The fraction of sp³-hybridized carbons (Fsp3) is 0.476. The fourth-order valence-electron chi connectivity index (χ4n) is 3.50. The molecule has 1 fully saturated rings. The maximum atomic E-state index is 13.0. The average molecular weight is 399 g/mol. The summed E-state index contributed by atoms with van der Waals surface area (Å²) in [6.45, 7) is 6.86. The lowest BCUT2D eigenvalue weighted by Crippen LogP contribution is -2.36. The van der Waals surface area contributed by atoms with Crippen LogP contribution in [0.4, 0.5) is 5.82 Å². The number of nitrogen functional groups attached to an aromatic ring is 1. The van der Waals surface area contributed by atoms with E-state index in [-0.39, 0.29) is 11.9 Å². The second kappa shape index (κ2) is 9.56. The first kappa shape index (κ1) is 20.9. The molecule has 0 unspecified atom stereocenters. The molecule has 1 aliphatic rings. The molecule has 2 aromatic rings. The Hall–Kier alpha value is -2.87. The van der Waals surface area contributed by atoms with E-state index in [2.05, 4.69) is 14.9 Å². The normalized spacial score (nSPS) is 16.3. The molecule has 1 atom stereocenters. The maximum absolute atomic E-state index is 13.0. The van der Waals surface area contributed by atoms with Crippen molar-refractivity contribution in [3.8, 4) is 11.5 Å². The van der Waals surface area contributed by atoms with Gasteiger partial charge in [-0.2, -0.15) is 0 Å². The molecule has 8 heteroatoms. The Morgan fingerprint density at radius 3 is 2.72 bits per heavy atom. The van der Waals surface area contributed by atoms with Crippen LogP contribution < -0.4 is 15.2 Å². The van der Waals surface area contributed by atoms with Crippen LogP contribution >= 0.6 is 0 Å². The van der Waals surface area contributed by atoms with Crippen molar-refractivity contribution < 1.29 is 14.3 Å². The van der Waals surface area contributed by atoms with Crippen LogP contribution in [0.15, 0.2) is 30.5 Å². The van der Waals surface area contributed by atoms with Crippen LogP contribution in [0.5, 0.6) is 11.5 Å². The summed E-state index contributed by atoms with van der Waals surface area (Å²) in [6.07, 6.45) is 2.57. The predicted molar refractivity (Wildman–Crippen MR) is 111 cm³/mol. The third-order valence-electron chi connectivity index (χ3n) is 4.98. The molecular weight excluding hydrogens is 370 g/mol. The molecule has 0 bridgehead atoms. The summed E-state index contributed by atoms with van der Waals surface area (Å²) < 4.78 is 11.2. The lowest BCUT2D eigenvalue weighted by atomic mass is 10.1. The molecule has 156 valence electrons. The topological polar surface area (TPSA) is 93.8 Å². The van der Waals surface area contributed by atoms with Crippen molar-refractivity contribution in [2.24, 2.45) is 0 Å². The van der Waals surface area contributed by atoms with Crippen LogP contribution in [0, 0.1) is 0 Å². The minimum Gasteiger partial charge on any atom is -0.490 e. The number of nitrogens with two attached hydrogens (primary N) is 1. The molecule has 3 rings (SSSR count). The monoisotopic (exact) mass is 399 g/mol. The summed E-state index contributed by atoms with van der Waals surface area (Å²) in [5, 5.41) is 0. The zero-order valence-electron chi connectivity index (χ0n) is 17.3. The van der Waals surface area contributed by atoms with Crippen molar-refractivity contribution in [2.75, 3.05) is 39.1 Å². The Morgan fingerprint density at radius 2 is 2.00 bits per heavy atom. The van der Waals surface area contributed by atoms with E-state index in [4.69, 9.17) is 15.2 Å². The van der Waals surface area contributed by atoms with Gasteiger partial charge in [-0.15, -0.1) is 0 Å². The van der Waals surface area contributed by atoms with E-state index in [0.717, 1.165) is 6.42 Å². The zero-order chi connectivity index (χ0) is 20.8. The number of benzene rings is 1. The smallest absolute Gasteiger partial charge is 0.254 e. The predicted octanol–water partition coefficient (Wildman–Crippen LogP) is 2.20. The number of carbonyl (C=O) groups excluding carboxylic acids is 1. The Balaban J connectivity index is 1.64. The van der Waals surface area contributed by atoms with Gasteiger partial charge in [-0.25, -0.2) is 9.97 Å². The molecule has 0 aliphatic carbocycles. The van der Waals surface area contributed by atoms with Gasteiger partial charge in [0.05, 0.1) is 19.8 Å². The van der Waals surface area contributed by atoms with Crippen LogP contribution in [0.25, 0.3) is 0 Å². The highest BCUT2D eigenvalue weighted by Crippen LogP contribution is 2.29. The average Bonchev–Trinajstić information content (AvgIpc) is 3.19. The van der Waals surface area contributed by atoms with Crippen LogP contribution in [0.1, 0.15) is 36.5 Å². The van der Waals surface area contributed by atoms with Gasteiger partial charge >= 0.3 is 0 Å². The number of carbonyl (C=O) groups is 1. The van der Waals surface area contributed by atoms with E-state index in [1.165, 1.54) is 0 Å². The number of rotatable bonds is 8. The number of likely N-dealkylation sites (N-methyl/N-ethyl adjacent to an activating group) is 1. The lowest BCUT2D eigenvalue weighted by molar-refractivity contribution is 0.0778. The molecular formula is C21H29N5O3. The molecule has 1 saturated heterocycles. The van der Waals surface area contributed by atoms with E-state index in [1.807, 2.05) is 25.8 Å². The lowest BCUT2D eigenvalue weighted by Gasteiger charge is -2.24. The quantitative estimate of drug-likeness (QED) is 0.727. The van der Waals surface area contributed by atoms with E-state index < -0.39 is 0 Å². The summed E-state index contributed by atoms with van der Waals surface area (Å²) in [5.74, 6) is 2.42. The standard InChI is InChI=1S/C21H29N5O3/c1-4-28-17-7-6-15(12-18(17)29-5-2)21(27)26-11-9-16(13-26)25(3)14-20-23-10-8-19(22)24-20/h6-8,10,12,16H,4-5,9,11,13-14H2,1-3H3,(H2,22,23,24)/t16-/m1/s1. The van der Waals surface area contributed by atoms with Crippen molar-refractivity contribution in [3.63, 3.8) is 0 Å². The molecule has 0 radical (unpaired) electrons. The highest BCUT2D eigenvalue weighted by atomic mass is 16.5. The van der Waals surface area contributed by atoms with Crippen molar-refractivity contribution in [1.82, 2.24) is 19.8 Å². The molecule has 1 aromatic carbocycles. The number of nitrogens with zero attached hydrogens (tertiary/aromatic N) is 4. The number of ether oxygens (including phenoxy) is 2. The second-order valence-electron chi connectivity index (χ2n) is 7.03. The van der Waals surface area contributed by atoms with E-state index in [9.17, 15) is 4.79 Å². The van der Waals surface area contributed by atoms with Crippen molar-refractivity contribution in [3.05, 3.63) is 41.9 Å². The van der Waals surface area contributed by atoms with Gasteiger partial charge in [0.15, 0.2) is 11.5 Å². The molecule has 0 spiro atoms. The molecule has 8 nitrogen and oxygen atoms in total. The third kappa shape index (κ3) is 5.14. The van der Waals surface area contributed by atoms with E-state index >= 15 is 0 Å². The van der Waals surface area contributed by atoms with Crippen LogP contribution in [0.3, 0.4) is 0 Å². The van der Waals surface area contributed by atoms with Gasteiger partial charge in [0, 0.05) is 30.9 Å². The van der Waals surface area contributed by atoms with Crippen LogP contribution in [-0.2, 0) is 6.54 Å². The Morgan fingerprint density at radius 1 is 1.24 bits per heavy atom. The number of hydrogen-bond donors (Lipinski definition) is 1. The Bertz CT molecular complexity index is 845. The van der Waals surface area contributed by atoms with Gasteiger partial charge < -0.3 is 20.1 Å². The fourth-order valence-corrected chi connectivity index (χ4v) is 3.50. The van der Waals surface area contributed by atoms with Crippen LogP contribution in [0.2, 0.25) is 0 Å². The summed E-state index contributed by atoms with van der Waals surface area (Å²) in [7, 11) is 2.02. The molecule has 2 N–H and O–H groups in total. The van der Waals surface area contributed by atoms with Gasteiger partial charge in [0.2, 0.25) is 0 Å². The molecule has 1 aromatic heterocycles. The van der Waals surface area contributed by atoms with Gasteiger partial charge in [-0.3, -0.25) is 9.69 Å². The summed E-state index contributed by atoms with van der Waals surface area (Å²) in [5.41, 5.74) is 6.35. The van der Waals surface area contributed by atoms with Gasteiger partial charge in [0.25, 0.3) is 5.91 Å². The zero-order valence-corrected chi connectivity index (χ0v) is 17.3. The highest BCUT2D eigenvalue weighted by Gasteiger charge is 2.30. The number of anilines is 1. The molecule has 2 heterocycles. The van der Waals surface area contributed by atoms with Gasteiger partial charge in [-0.05, 0) is 51.6 Å². The van der Waals surface area contributed by atoms with Gasteiger partial charge in [0.1, 0.15) is 11.6 Å². The number of likely N-dealkylation sites (tertiary alicyclic amines) is 1. The van der Waals surface area contributed by atoms with Gasteiger partial charge in [-0.1, -0.05) is 0 Å². The summed E-state index contributed by atoms with van der Waals surface area (Å²) >= 11 is 0. The van der Waals surface area contributed by atoms with E-state index in [1.54, 1.807) is 30.5 Å². The Kier molecular flexibility index (Phi) is 6.87. The van der Waals surface area contributed by atoms with Crippen LogP contribution in [-0.4, -0.2) is 65.1 Å². The third-order valence-corrected chi connectivity index (χ3v) is 4.98. The van der Waals surface area contributed by atoms with E-state index in [0.29, 0.717) is 61.6 Å². The first-order valence-electron chi connectivity index (χ1n) is 9.98. The summed E-state index contributed by atoms with van der Waals surface area (Å²) in [4.78, 5) is 25.6.